The summed E-state index contributed by atoms with van der Waals surface area (Å²) in [6, 6.07) is 4.05. The van der Waals surface area contributed by atoms with Crippen LogP contribution in [0.5, 0.6) is 0 Å². The summed E-state index contributed by atoms with van der Waals surface area (Å²) < 4.78 is 13.2. The lowest BCUT2D eigenvalue weighted by Crippen LogP contribution is -2.03. The van der Waals surface area contributed by atoms with Gasteiger partial charge >= 0.3 is 5.97 Å². The number of alkyl halides is 1. The quantitative estimate of drug-likeness (QED) is 0.663. The maximum atomic E-state index is 13.2. The Morgan fingerprint density at radius 3 is 2.87 bits per heavy atom. The van der Waals surface area contributed by atoms with Crippen LogP contribution in [-0.2, 0) is 0 Å². The van der Waals surface area contributed by atoms with Gasteiger partial charge < -0.3 is 5.11 Å². The molecule has 4 heteroatoms. The number of hydrogen-bond acceptors (Lipinski definition) is 1. The smallest absolute Gasteiger partial charge is 0.339 e. The Balaban J connectivity index is 3.13. The third-order valence-electron chi connectivity index (χ3n) is 1.67. The molecule has 0 bridgehead atoms. The molecule has 0 atom stereocenters. The van der Waals surface area contributed by atoms with E-state index in [9.17, 15) is 9.18 Å². The summed E-state index contributed by atoms with van der Waals surface area (Å²) in [4.78, 5) is 10.8. The Bertz CT molecular complexity index is 432. The number of rotatable bonds is 2. The van der Waals surface area contributed by atoms with Crippen LogP contribution in [0.25, 0.3) is 0 Å². The minimum absolute atomic E-state index is 0.212. The van der Waals surface area contributed by atoms with E-state index in [0.29, 0.717) is 11.8 Å². The predicted octanol–water partition coefficient (Wildman–Crippen LogP) is 2.66. The van der Waals surface area contributed by atoms with Gasteiger partial charge in [-0.2, -0.15) is 0 Å². The van der Waals surface area contributed by atoms with Crippen molar-refractivity contribution in [2.75, 3.05) is 5.33 Å². The van der Waals surface area contributed by atoms with Gasteiger partial charge in [-0.15, -0.1) is 0 Å². The first-order valence-electron chi connectivity index (χ1n) is 4.23. The molecule has 0 amide bonds. The molecule has 0 aromatic heterocycles. The van der Waals surface area contributed by atoms with Gasteiger partial charge in [-0.1, -0.05) is 33.8 Å². The van der Waals surface area contributed by atoms with Gasteiger partial charge in [0.15, 0.2) is 0 Å². The van der Waals surface area contributed by atoms with Gasteiger partial charge in [0, 0.05) is 17.3 Å². The highest BCUT2D eigenvalue weighted by Gasteiger charge is 2.13. The fraction of sp³-hybridized carbons (Fsp3) is 0.182. The van der Waals surface area contributed by atoms with Gasteiger partial charge in [0.05, 0.1) is 0 Å². The number of hydrogen-bond donors (Lipinski definition) is 1. The highest BCUT2D eigenvalue weighted by atomic mass is 79.9. The van der Waals surface area contributed by atoms with Crippen molar-refractivity contribution < 1.29 is 14.3 Å². The fourth-order valence-corrected chi connectivity index (χ4v) is 1.25. The third-order valence-corrected chi connectivity index (χ3v) is 2.07. The van der Waals surface area contributed by atoms with E-state index in [-0.39, 0.29) is 11.1 Å². The Labute approximate surface area is 95.2 Å². The molecule has 0 aliphatic rings. The molecule has 1 N–H and O–H groups in total. The van der Waals surface area contributed by atoms with Crippen LogP contribution >= 0.6 is 15.9 Å². The monoisotopic (exact) mass is 270 g/mol. The minimum atomic E-state index is -1.30. The normalized spacial score (nSPS) is 9.20. The number of carboxylic acid groups (broad SMARTS) is 1. The van der Waals surface area contributed by atoms with Gasteiger partial charge in [0.1, 0.15) is 11.4 Å². The van der Waals surface area contributed by atoms with Crippen LogP contribution in [0.15, 0.2) is 18.2 Å². The second-order valence-corrected chi connectivity index (χ2v) is 3.50. The number of carboxylic acids is 1. The van der Waals surface area contributed by atoms with Crippen molar-refractivity contribution in [3.05, 3.63) is 35.1 Å². The van der Waals surface area contributed by atoms with E-state index in [1.165, 1.54) is 12.1 Å². The molecule has 0 aliphatic heterocycles. The van der Waals surface area contributed by atoms with Crippen LogP contribution in [0, 0.1) is 17.7 Å². The molecule has 0 saturated heterocycles. The second-order valence-electron chi connectivity index (χ2n) is 2.71. The molecule has 1 aromatic carbocycles. The summed E-state index contributed by atoms with van der Waals surface area (Å²) in [6.07, 6.45) is 0.593. The summed E-state index contributed by atoms with van der Waals surface area (Å²) in [5, 5.41) is 9.49. The molecule has 0 saturated carbocycles. The highest BCUT2D eigenvalue weighted by Crippen LogP contribution is 2.12. The highest BCUT2D eigenvalue weighted by molar-refractivity contribution is 9.09. The first kappa shape index (κ1) is 11.7. The van der Waals surface area contributed by atoms with Crippen molar-refractivity contribution in [2.45, 2.75) is 6.42 Å². The SMILES string of the molecule is O=C(O)c1c(F)cccc1C#CCCBr. The van der Waals surface area contributed by atoms with Crippen LogP contribution in [0.2, 0.25) is 0 Å². The first-order valence-corrected chi connectivity index (χ1v) is 5.35. The molecule has 0 spiro atoms. The second kappa shape index (κ2) is 5.52. The lowest BCUT2D eigenvalue weighted by molar-refractivity contribution is 0.0691. The maximum absolute atomic E-state index is 13.2. The van der Waals surface area contributed by atoms with Crippen LogP contribution in [-0.4, -0.2) is 16.4 Å². The van der Waals surface area contributed by atoms with E-state index < -0.39 is 11.8 Å². The molecule has 0 heterocycles. The third kappa shape index (κ3) is 3.07. The van der Waals surface area contributed by atoms with Crippen molar-refractivity contribution >= 4 is 21.9 Å². The molecule has 0 radical (unpaired) electrons. The van der Waals surface area contributed by atoms with Gasteiger partial charge in [-0.3, -0.25) is 0 Å². The average molecular weight is 271 g/mol. The number of aromatic carboxylic acids is 1. The lowest BCUT2D eigenvalue weighted by atomic mass is 10.1. The van der Waals surface area contributed by atoms with Crippen LogP contribution < -0.4 is 0 Å². The topological polar surface area (TPSA) is 37.3 Å². The molecule has 1 rings (SSSR count). The number of benzene rings is 1. The van der Waals surface area contributed by atoms with Crippen molar-refractivity contribution in [3.8, 4) is 11.8 Å². The summed E-state index contributed by atoms with van der Waals surface area (Å²) in [5.41, 5.74) is -0.150. The molecular formula is C11H8BrFO2. The number of halogens is 2. The molecule has 0 fully saturated rings. The van der Waals surface area contributed by atoms with Gasteiger partial charge in [0.2, 0.25) is 0 Å². The average Bonchev–Trinajstić information content (AvgIpc) is 2.17. The summed E-state index contributed by atoms with van der Waals surface area (Å²) in [6.45, 7) is 0. The Hall–Kier alpha value is -1.34. The van der Waals surface area contributed by atoms with Crippen molar-refractivity contribution in [3.63, 3.8) is 0 Å². The largest absolute Gasteiger partial charge is 0.478 e. The predicted molar refractivity (Wildman–Crippen MR) is 58.6 cm³/mol. The van der Waals surface area contributed by atoms with Crippen LogP contribution in [0.1, 0.15) is 22.3 Å². The van der Waals surface area contributed by atoms with E-state index in [2.05, 4.69) is 27.8 Å². The van der Waals surface area contributed by atoms with E-state index in [1.807, 2.05) is 0 Å². The van der Waals surface area contributed by atoms with Crippen molar-refractivity contribution in [1.29, 1.82) is 0 Å². The van der Waals surface area contributed by atoms with Gasteiger partial charge in [0.25, 0.3) is 0 Å². The zero-order valence-electron chi connectivity index (χ0n) is 7.76. The Kier molecular flexibility index (Phi) is 4.32. The van der Waals surface area contributed by atoms with E-state index in [4.69, 9.17) is 5.11 Å². The van der Waals surface area contributed by atoms with Crippen molar-refractivity contribution in [1.82, 2.24) is 0 Å². The maximum Gasteiger partial charge on any atom is 0.339 e. The molecule has 0 unspecified atom stereocenters. The lowest BCUT2D eigenvalue weighted by Gasteiger charge is -1.99. The molecule has 15 heavy (non-hydrogen) atoms. The molecular weight excluding hydrogens is 263 g/mol. The Morgan fingerprint density at radius 2 is 2.27 bits per heavy atom. The molecule has 78 valence electrons. The van der Waals surface area contributed by atoms with Gasteiger partial charge in [-0.25, -0.2) is 9.18 Å². The standard InChI is InChI=1S/C11H8BrFO2/c12-7-2-1-4-8-5-3-6-9(13)10(8)11(14)15/h3,5-6H,2,7H2,(H,14,15). The summed E-state index contributed by atoms with van der Waals surface area (Å²) in [7, 11) is 0. The van der Waals surface area contributed by atoms with Gasteiger partial charge in [-0.05, 0) is 12.1 Å². The first-order chi connectivity index (χ1) is 7.16. The summed E-state index contributed by atoms with van der Waals surface area (Å²) in [5.74, 6) is 3.33. The molecule has 0 aliphatic carbocycles. The molecule has 2 nitrogen and oxygen atoms in total. The van der Waals surface area contributed by atoms with Crippen LogP contribution in [0.3, 0.4) is 0 Å². The zero-order valence-corrected chi connectivity index (χ0v) is 9.34. The van der Waals surface area contributed by atoms with Crippen LogP contribution in [0.4, 0.5) is 4.39 Å². The van der Waals surface area contributed by atoms with E-state index in [1.54, 1.807) is 0 Å². The molecule has 1 aromatic rings. The Morgan fingerprint density at radius 1 is 1.53 bits per heavy atom. The number of carbonyl (C=O) groups is 1. The fourth-order valence-electron chi connectivity index (χ4n) is 1.05. The minimum Gasteiger partial charge on any atom is -0.478 e. The van der Waals surface area contributed by atoms with E-state index >= 15 is 0 Å². The summed E-state index contributed by atoms with van der Waals surface area (Å²) >= 11 is 3.19. The van der Waals surface area contributed by atoms with E-state index in [0.717, 1.165) is 6.07 Å². The zero-order chi connectivity index (χ0) is 11.3. The van der Waals surface area contributed by atoms with Crippen molar-refractivity contribution in [2.24, 2.45) is 0 Å².